The molecule has 0 radical (unpaired) electrons. The highest BCUT2D eigenvalue weighted by Crippen LogP contribution is 2.15. The summed E-state index contributed by atoms with van der Waals surface area (Å²) in [5, 5.41) is 0. The number of carbonyl (C=O) groups excluding carboxylic acids is 2. The Morgan fingerprint density at radius 3 is 1.54 bits per heavy atom. The van der Waals surface area contributed by atoms with Crippen molar-refractivity contribution in [3.63, 3.8) is 0 Å². The number of ether oxygens (including phenoxy) is 3. The van der Waals surface area contributed by atoms with E-state index in [-0.39, 0.29) is 18.5 Å². The SMILES string of the molecule is CCCCCCCCCCCCCCCCCCOC(=O)C(CC(C)C)N(C)C(=O)OCCOC. The maximum atomic E-state index is 12.6. The zero-order chi connectivity index (χ0) is 26.2. The van der Waals surface area contributed by atoms with Crippen molar-refractivity contribution in [2.75, 3.05) is 34.0 Å². The third-order valence-corrected chi connectivity index (χ3v) is 6.48. The van der Waals surface area contributed by atoms with Crippen molar-refractivity contribution >= 4 is 12.1 Å². The van der Waals surface area contributed by atoms with Gasteiger partial charge in [0.2, 0.25) is 0 Å². The molecule has 0 aliphatic heterocycles. The molecule has 0 aromatic heterocycles. The lowest BCUT2D eigenvalue weighted by molar-refractivity contribution is -0.149. The number of unbranched alkanes of at least 4 members (excludes halogenated alkanes) is 15. The van der Waals surface area contributed by atoms with Crippen LogP contribution in [-0.4, -0.2) is 57.0 Å². The van der Waals surface area contributed by atoms with Crippen LogP contribution in [0.5, 0.6) is 0 Å². The maximum Gasteiger partial charge on any atom is 0.410 e. The Bertz CT molecular complexity index is 497. The zero-order valence-corrected chi connectivity index (χ0v) is 23.8. The summed E-state index contributed by atoms with van der Waals surface area (Å²) in [4.78, 5) is 26.2. The lowest BCUT2D eigenvalue weighted by Crippen LogP contribution is -2.44. The van der Waals surface area contributed by atoms with Crippen LogP contribution in [0.15, 0.2) is 0 Å². The van der Waals surface area contributed by atoms with Crippen LogP contribution in [-0.2, 0) is 19.0 Å². The Morgan fingerprint density at radius 2 is 1.11 bits per heavy atom. The summed E-state index contributed by atoms with van der Waals surface area (Å²) < 4.78 is 15.6. The summed E-state index contributed by atoms with van der Waals surface area (Å²) in [6.07, 6.45) is 21.1. The van der Waals surface area contributed by atoms with E-state index >= 15 is 0 Å². The van der Waals surface area contributed by atoms with Crippen LogP contribution < -0.4 is 0 Å². The van der Waals surface area contributed by atoms with Crippen LogP contribution in [0.25, 0.3) is 0 Å². The smallest absolute Gasteiger partial charge is 0.410 e. The molecule has 1 unspecified atom stereocenters. The Balaban J connectivity index is 3.78. The van der Waals surface area contributed by atoms with E-state index < -0.39 is 12.1 Å². The molecule has 0 aliphatic rings. The molecule has 1 atom stereocenters. The predicted octanol–water partition coefficient (Wildman–Crippen LogP) is 7.92. The van der Waals surface area contributed by atoms with Gasteiger partial charge in [0.05, 0.1) is 13.2 Å². The van der Waals surface area contributed by atoms with Crippen molar-refractivity contribution in [1.29, 1.82) is 0 Å². The van der Waals surface area contributed by atoms with Crippen molar-refractivity contribution in [3.05, 3.63) is 0 Å². The van der Waals surface area contributed by atoms with Crippen LogP contribution in [0.3, 0.4) is 0 Å². The molecule has 208 valence electrons. The monoisotopic (exact) mass is 499 g/mol. The molecule has 0 aromatic rings. The lowest BCUT2D eigenvalue weighted by atomic mass is 10.0. The minimum Gasteiger partial charge on any atom is -0.464 e. The maximum absolute atomic E-state index is 12.6. The van der Waals surface area contributed by atoms with Gasteiger partial charge in [-0.25, -0.2) is 9.59 Å². The van der Waals surface area contributed by atoms with Crippen molar-refractivity contribution in [3.8, 4) is 0 Å². The first kappa shape index (κ1) is 33.7. The Labute approximate surface area is 216 Å². The number of carbonyl (C=O) groups is 2. The molecule has 0 saturated carbocycles. The van der Waals surface area contributed by atoms with Crippen LogP contribution >= 0.6 is 0 Å². The van der Waals surface area contributed by atoms with Gasteiger partial charge in [0, 0.05) is 14.2 Å². The van der Waals surface area contributed by atoms with Crippen molar-refractivity contribution in [1.82, 2.24) is 4.90 Å². The van der Waals surface area contributed by atoms with Gasteiger partial charge < -0.3 is 14.2 Å². The lowest BCUT2D eigenvalue weighted by Gasteiger charge is -2.27. The molecule has 0 aromatic carbocycles. The minimum atomic E-state index is -0.619. The average Bonchev–Trinajstić information content (AvgIpc) is 2.83. The highest BCUT2D eigenvalue weighted by molar-refractivity contribution is 5.81. The van der Waals surface area contributed by atoms with Gasteiger partial charge in [-0.05, 0) is 18.8 Å². The fourth-order valence-corrected chi connectivity index (χ4v) is 4.22. The van der Waals surface area contributed by atoms with E-state index in [4.69, 9.17) is 14.2 Å². The Kier molecular flexibility index (Phi) is 23.5. The molecule has 6 nitrogen and oxygen atoms in total. The molecule has 0 fully saturated rings. The molecule has 6 heteroatoms. The first-order valence-corrected chi connectivity index (χ1v) is 14.5. The normalized spacial score (nSPS) is 12.1. The standard InChI is InChI=1S/C29H57NO5/c1-6-7-8-9-10-11-12-13-14-15-16-17-18-19-20-21-22-34-28(31)27(25-26(2)3)30(4)29(32)35-24-23-33-5/h26-27H,6-25H2,1-5H3. The molecule has 0 saturated heterocycles. The van der Waals surface area contributed by atoms with E-state index in [1.54, 1.807) is 14.2 Å². The first-order valence-electron chi connectivity index (χ1n) is 14.5. The van der Waals surface area contributed by atoms with Gasteiger partial charge in [0.1, 0.15) is 12.6 Å². The minimum absolute atomic E-state index is 0.169. The Hall–Kier alpha value is -1.30. The van der Waals surface area contributed by atoms with E-state index in [9.17, 15) is 9.59 Å². The van der Waals surface area contributed by atoms with Gasteiger partial charge in [-0.3, -0.25) is 4.90 Å². The number of methoxy groups -OCH3 is 1. The predicted molar refractivity (Wildman–Crippen MR) is 145 cm³/mol. The third-order valence-electron chi connectivity index (χ3n) is 6.48. The molecular weight excluding hydrogens is 442 g/mol. The Morgan fingerprint density at radius 1 is 0.657 bits per heavy atom. The van der Waals surface area contributed by atoms with Gasteiger partial charge in [0.25, 0.3) is 0 Å². The van der Waals surface area contributed by atoms with Gasteiger partial charge >= 0.3 is 12.1 Å². The number of esters is 1. The van der Waals surface area contributed by atoms with E-state index in [0.29, 0.717) is 19.6 Å². The second kappa shape index (κ2) is 24.4. The van der Waals surface area contributed by atoms with Crippen LogP contribution in [0, 0.1) is 5.92 Å². The second-order valence-electron chi connectivity index (χ2n) is 10.3. The largest absolute Gasteiger partial charge is 0.464 e. The topological polar surface area (TPSA) is 65.1 Å². The molecule has 35 heavy (non-hydrogen) atoms. The van der Waals surface area contributed by atoms with Gasteiger partial charge in [0.15, 0.2) is 0 Å². The number of rotatable bonds is 24. The second-order valence-corrected chi connectivity index (χ2v) is 10.3. The molecular formula is C29H57NO5. The van der Waals surface area contributed by atoms with E-state index in [0.717, 1.165) is 12.8 Å². The fraction of sp³-hybridized carbons (Fsp3) is 0.931. The number of likely N-dealkylation sites (N-methyl/N-ethyl adjacent to an activating group) is 1. The summed E-state index contributed by atoms with van der Waals surface area (Å²) in [6, 6.07) is -0.619. The molecule has 0 rings (SSSR count). The van der Waals surface area contributed by atoms with Crippen molar-refractivity contribution in [2.45, 2.75) is 136 Å². The fourth-order valence-electron chi connectivity index (χ4n) is 4.22. The van der Waals surface area contributed by atoms with Crippen LogP contribution in [0.4, 0.5) is 4.79 Å². The molecule has 0 spiro atoms. The summed E-state index contributed by atoms with van der Waals surface area (Å²) in [7, 11) is 3.15. The molecule has 0 aliphatic carbocycles. The number of hydrogen-bond acceptors (Lipinski definition) is 5. The van der Waals surface area contributed by atoms with Gasteiger partial charge in [-0.1, -0.05) is 117 Å². The molecule has 1 amide bonds. The zero-order valence-electron chi connectivity index (χ0n) is 23.8. The highest BCUT2D eigenvalue weighted by Gasteiger charge is 2.30. The number of hydrogen-bond donors (Lipinski definition) is 0. The van der Waals surface area contributed by atoms with Crippen molar-refractivity contribution in [2.24, 2.45) is 5.92 Å². The third kappa shape index (κ3) is 20.6. The molecule has 0 heterocycles. The van der Waals surface area contributed by atoms with Crippen LogP contribution in [0.1, 0.15) is 130 Å². The average molecular weight is 500 g/mol. The summed E-state index contributed by atoms with van der Waals surface area (Å²) in [5.41, 5.74) is 0. The molecule has 0 bridgehead atoms. The quantitative estimate of drug-likeness (QED) is 0.0996. The van der Waals surface area contributed by atoms with E-state index in [2.05, 4.69) is 6.92 Å². The van der Waals surface area contributed by atoms with Crippen LogP contribution in [0.2, 0.25) is 0 Å². The van der Waals surface area contributed by atoms with E-state index in [1.807, 2.05) is 13.8 Å². The van der Waals surface area contributed by atoms with Crippen molar-refractivity contribution < 1.29 is 23.8 Å². The summed E-state index contributed by atoms with van der Waals surface area (Å²) in [5.74, 6) is -0.0804. The summed E-state index contributed by atoms with van der Waals surface area (Å²) in [6.45, 7) is 7.24. The highest BCUT2D eigenvalue weighted by atomic mass is 16.6. The number of nitrogens with zero attached hydrogens (tertiary/aromatic N) is 1. The number of amides is 1. The van der Waals surface area contributed by atoms with Gasteiger partial charge in [-0.2, -0.15) is 0 Å². The summed E-state index contributed by atoms with van der Waals surface area (Å²) >= 11 is 0. The molecule has 0 N–H and O–H groups in total. The first-order chi connectivity index (χ1) is 16.9. The van der Waals surface area contributed by atoms with Gasteiger partial charge in [-0.15, -0.1) is 0 Å². The van der Waals surface area contributed by atoms with E-state index in [1.165, 1.54) is 94.8 Å².